The van der Waals surface area contributed by atoms with E-state index in [-0.39, 0.29) is 81.8 Å². The van der Waals surface area contributed by atoms with Gasteiger partial charge in [0.25, 0.3) is 0 Å². The summed E-state index contributed by atoms with van der Waals surface area (Å²) in [6, 6.07) is 0.646. The Balaban J connectivity index is 0.000000646. The van der Waals surface area contributed by atoms with Gasteiger partial charge in [0, 0.05) is 44.8 Å². The minimum Gasteiger partial charge on any atom is -1.00 e. The first kappa shape index (κ1) is 39.2. The van der Waals surface area contributed by atoms with E-state index in [4.69, 9.17) is 14.2 Å². The fourth-order valence-corrected chi connectivity index (χ4v) is 7.12. The van der Waals surface area contributed by atoms with Crippen molar-refractivity contribution >= 4 is 39.2 Å². The van der Waals surface area contributed by atoms with Crippen LogP contribution in [-0.2, 0) is 14.2 Å². The predicted octanol–water partition coefficient (Wildman–Crippen LogP) is 3.52. The Bertz CT molecular complexity index is 798. The molecule has 2 amide bonds. The van der Waals surface area contributed by atoms with Crippen LogP contribution in [0.5, 0.6) is 0 Å². The van der Waals surface area contributed by atoms with Crippen molar-refractivity contribution in [2.45, 2.75) is 152 Å². The molecule has 8 nitrogen and oxygen atoms in total. The summed E-state index contributed by atoms with van der Waals surface area (Å²) in [4.78, 5) is 27.7. The van der Waals surface area contributed by atoms with E-state index in [0.717, 1.165) is 90.5 Å². The fraction of sp³-hybridized carbons (Fsp3) is 0.933. The number of rotatable bonds is 2. The molecule has 0 aromatic heterocycles. The smallest absolute Gasteiger partial charge is 1.00 e. The monoisotopic (exact) mass is 628 g/mol. The zero-order valence-corrected chi connectivity index (χ0v) is 30.2. The largest absolute Gasteiger partial charge is 1.00 e. The van der Waals surface area contributed by atoms with Crippen molar-refractivity contribution < 1.29 is 59.9 Å². The van der Waals surface area contributed by atoms with E-state index in [2.05, 4.69) is 0 Å². The van der Waals surface area contributed by atoms with Crippen LogP contribution in [-0.4, -0.2) is 82.3 Å². The number of carbonyl (C=O) groups excluding carboxylic acids is 2. The summed E-state index contributed by atoms with van der Waals surface area (Å²) in [5.41, 5.74) is -1.05. The van der Waals surface area contributed by atoms with Gasteiger partial charge in [0.2, 0.25) is 0 Å². The molecule has 2 atom stereocenters. The molecule has 4 aliphatic heterocycles. The summed E-state index contributed by atoms with van der Waals surface area (Å²) in [7, 11) is 0. The Kier molecular flexibility index (Phi) is 16.8. The van der Waals surface area contributed by atoms with Gasteiger partial charge in [-0.05, 0) is 104 Å². The topological polar surface area (TPSA) is 88.5 Å². The molecule has 0 unspecified atom stereocenters. The standard InChI is InChI=1S/C15H27NO3.C11H17NO2.C4H8O.Na.2H2S.H/c1-14(2,3)19-13(17)16-10-6-7-12(16)11-15(18)8-4-5-9-15;13-10-12-7-3-4-9(12)8-11(14-10)5-1-2-6-11;1-2-4-5-3-1;;;;/h12,18H,4-11H2,1-3H3;9H,1-8H2;1-4H2;;2*1H2;/q;;;+1;;;-1/t12-;9-;;;;;/m00...../s1. The molecule has 1 N–H and O–H groups in total. The Morgan fingerprint density at radius 2 is 1.54 bits per heavy atom. The zero-order valence-electron chi connectivity index (χ0n) is 27.2. The van der Waals surface area contributed by atoms with Gasteiger partial charge >= 0.3 is 41.7 Å². The number of carbonyl (C=O) groups is 2. The Hall–Kier alpha value is 0.160. The first-order valence-corrected chi connectivity index (χ1v) is 15.4. The molecular formula is C30H57N2NaO6S2. The SMILES string of the molecule is C1CCOC1.CC(C)(C)OC(=O)N1CCC[C@H]1CC1(O)CCCC1.O=C1OC2(CCCC2)C[C@@H]2CCCN12.S.S.[H-].[Na+]. The maximum Gasteiger partial charge on any atom is 1.00 e. The number of ether oxygens (including phenoxy) is 3. The normalized spacial score (nSPS) is 27.2. The second-order valence-electron chi connectivity index (χ2n) is 13.4. The van der Waals surface area contributed by atoms with Gasteiger partial charge < -0.3 is 30.5 Å². The summed E-state index contributed by atoms with van der Waals surface area (Å²) in [5.74, 6) is 0. The minimum absolute atomic E-state index is 0. The molecule has 0 aromatic carbocycles. The zero-order chi connectivity index (χ0) is 27.2. The molecule has 6 aliphatic rings. The summed E-state index contributed by atoms with van der Waals surface area (Å²) >= 11 is 0. The van der Waals surface area contributed by atoms with Crippen molar-refractivity contribution in [2.75, 3.05) is 26.3 Å². The molecular weight excluding hydrogens is 571 g/mol. The number of nitrogens with zero attached hydrogens (tertiary/aromatic N) is 2. The third-order valence-corrected chi connectivity index (χ3v) is 9.02. The fourth-order valence-electron chi connectivity index (χ4n) is 7.12. The molecule has 0 radical (unpaired) electrons. The predicted molar refractivity (Wildman–Crippen MR) is 168 cm³/mol. The molecule has 4 heterocycles. The van der Waals surface area contributed by atoms with Crippen molar-refractivity contribution in [3.63, 3.8) is 0 Å². The van der Waals surface area contributed by atoms with Gasteiger partial charge in [-0.3, -0.25) is 0 Å². The number of fused-ring (bicyclic) bond motifs is 1. The summed E-state index contributed by atoms with van der Waals surface area (Å²) in [5, 5.41) is 10.5. The van der Waals surface area contributed by atoms with Gasteiger partial charge in [0.05, 0.1) is 5.60 Å². The molecule has 6 fully saturated rings. The Morgan fingerprint density at radius 3 is 2.10 bits per heavy atom. The second kappa shape index (κ2) is 17.6. The Labute approximate surface area is 286 Å². The van der Waals surface area contributed by atoms with Crippen LogP contribution in [0.1, 0.15) is 125 Å². The maximum absolute atomic E-state index is 12.2. The van der Waals surface area contributed by atoms with E-state index >= 15 is 0 Å². The van der Waals surface area contributed by atoms with Crippen LogP contribution in [0.15, 0.2) is 0 Å². The number of likely N-dealkylation sites (tertiary alicyclic amines) is 1. The van der Waals surface area contributed by atoms with E-state index in [9.17, 15) is 14.7 Å². The second-order valence-corrected chi connectivity index (χ2v) is 13.4. The number of hydrogen-bond donors (Lipinski definition) is 1. The summed E-state index contributed by atoms with van der Waals surface area (Å²) in [6.07, 6.45) is 17.1. The molecule has 4 saturated heterocycles. The van der Waals surface area contributed by atoms with E-state index in [1.807, 2.05) is 30.6 Å². The van der Waals surface area contributed by atoms with Crippen molar-refractivity contribution in [3.05, 3.63) is 0 Å². The Morgan fingerprint density at radius 1 is 0.951 bits per heavy atom. The summed E-state index contributed by atoms with van der Waals surface area (Å²) < 4.78 is 16.0. The molecule has 1 spiro atoms. The first-order chi connectivity index (χ1) is 18.1. The molecule has 11 heteroatoms. The van der Waals surface area contributed by atoms with Crippen LogP contribution in [0.4, 0.5) is 9.59 Å². The van der Waals surface area contributed by atoms with Crippen LogP contribution in [0, 0.1) is 0 Å². The summed E-state index contributed by atoms with van der Waals surface area (Å²) in [6.45, 7) is 9.34. The van der Waals surface area contributed by atoms with Gasteiger partial charge in [-0.15, -0.1) is 0 Å². The van der Waals surface area contributed by atoms with E-state index in [1.54, 1.807) is 0 Å². The van der Waals surface area contributed by atoms with Gasteiger partial charge in [-0.1, -0.05) is 12.8 Å². The third kappa shape index (κ3) is 11.5. The molecule has 2 aliphatic carbocycles. The van der Waals surface area contributed by atoms with Crippen molar-refractivity contribution in [1.82, 2.24) is 9.80 Å². The molecule has 41 heavy (non-hydrogen) atoms. The van der Waals surface area contributed by atoms with Crippen LogP contribution in [0.2, 0.25) is 0 Å². The maximum atomic E-state index is 12.2. The molecule has 0 bridgehead atoms. The number of hydrogen-bond acceptors (Lipinski definition) is 6. The number of amides is 2. The third-order valence-electron chi connectivity index (χ3n) is 9.02. The quantitative estimate of drug-likeness (QED) is 0.471. The molecule has 0 aromatic rings. The van der Waals surface area contributed by atoms with Gasteiger partial charge in [0.1, 0.15) is 11.2 Å². The van der Waals surface area contributed by atoms with Crippen molar-refractivity contribution in [1.29, 1.82) is 0 Å². The molecule has 2 saturated carbocycles. The average molecular weight is 629 g/mol. The van der Waals surface area contributed by atoms with E-state index < -0.39 is 11.2 Å². The van der Waals surface area contributed by atoms with Gasteiger partial charge in [-0.25, -0.2) is 9.59 Å². The van der Waals surface area contributed by atoms with Gasteiger partial charge in [0.15, 0.2) is 0 Å². The first-order valence-electron chi connectivity index (χ1n) is 15.4. The van der Waals surface area contributed by atoms with Crippen molar-refractivity contribution in [3.8, 4) is 0 Å². The van der Waals surface area contributed by atoms with Crippen LogP contribution in [0.25, 0.3) is 0 Å². The van der Waals surface area contributed by atoms with Crippen LogP contribution in [0.3, 0.4) is 0 Å². The molecule has 236 valence electrons. The van der Waals surface area contributed by atoms with Crippen molar-refractivity contribution in [2.24, 2.45) is 0 Å². The molecule has 6 rings (SSSR count). The van der Waals surface area contributed by atoms with E-state index in [1.165, 1.54) is 32.1 Å². The van der Waals surface area contributed by atoms with Gasteiger partial charge in [-0.2, -0.15) is 27.0 Å². The average Bonchev–Trinajstić information content (AvgIpc) is 3.66. The number of aliphatic hydroxyl groups is 1. The van der Waals surface area contributed by atoms with Crippen LogP contribution < -0.4 is 29.6 Å². The van der Waals surface area contributed by atoms with E-state index in [0.29, 0.717) is 12.5 Å². The minimum atomic E-state index is -0.546. The van der Waals surface area contributed by atoms with Crippen LogP contribution >= 0.6 is 27.0 Å².